The predicted molar refractivity (Wildman–Crippen MR) is 49.0 cm³/mol. The molecule has 4 heteroatoms. The van der Waals surface area contributed by atoms with Crippen molar-refractivity contribution in [2.75, 3.05) is 32.8 Å². The van der Waals surface area contributed by atoms with Crippen LogP contribution < -0.4 is 0 Å². The van der Waals surface area contributed by atoms with E-state index >= 15 is 0 Å². The summed E-state index contributed by atoms with van der Waals surface area (Å²) in [4.78, 5) is 2.43. The molecule has 3 nitrogen and oxygen atoms in total. The summed E-state index contributed by atoms with van der Waals surface area (Å²) in [5.41, 5.74) is 0. The first-order valence-corrected chi connectivity index (χ1v) is 6.97. The molecule has 1 aliphatic heterocycles. The van der Waals surface area contributed by atoms with Gasteiger partial charge in [-0.1, -0.05) is 0 Å². The maximum atomic E-state index is 5.39. The van der Waals surface area contributed by atoms with Crippen molar-refractivity contribution in [3.8, 4) is 0 Å². The maximum absolute atomic E-state index is 5.39. The van der Waals surface area contributed by atoms with Crippen molar-refractivity contribution in [2.24, 2.45) is 0 Å². The number of hydrogen-bond donors (Lipinski definition) is 0. The van der Waals surface area contributed by atoms with E-state index in [1.54, 1.807) is 0 Å². The van der Waals surface area contributed by atoms with Gasteiger partial charge in [-0.05, 0) is 0 Å². The van der Waals surface area contributed by atoms with E-state index in [9.17, 15) is 0 Å². The molecule has 0 aromatic rings. The van der Waals surface area contributed by atoms with Crippen LogP contribution in [0.4, 0.5) is 0 Å². The van der Waals surface area contributed by atoms with Crippen LogP contribution in [0.2, 0.25) is 0 Å². The molecule has 12 heavy (non-hydrogen) atoms. The van der Waals surface area contributed by atoms with Crippen LogP contribution in [-0.2, 0) is 6.15 Å². The summed E-state index contributed by atoms with van der Waals surface area (Å²) in [5.74, 6) is 0. The zero-order chi connectivity index (χ0) is 8.65. The third-order valence-electron chi connectivity index (χ3n) is 1.96. The fourth-order valence-corrected chi connectivity index (χ4v) is 2.43. The topological polar surface area (TPSA) is 21.7 Å². The minimum absolute atomic E-state index is 0.861. The van der Waals surface area contributed by atoms with E-state index in [4.69, 9.17) is 6.15 Å². The van der Waals surface area contributed by atoms with Crippen LogP contribution in [0.3, 0.4) is 0 Å². The number of hydrogen-bond acceptors (Lipinski definition) is 3. The van der Waals surface area contributed by atoms with E-state index in [1.165, 1.54) is 19.4 Å². The minimum atomic E-state index is -0.861. The Kier molecular flexibility index (Phi) is 6.38. The third kappa shape index (κ3) is 4.64. The Hall–Kier alpha value is 0.679. The average Bonchev–Trinajstić information content (AvgIpc) is 2.02. The standard InChI is InChI=1S/C8H17NO2.Sn/c1-2-3-4-9(5-7-10)6-8-11;/h2-8H2,1H3;/q-2;+2. The summed E-state index contributed by atoms with van der Waals surface area (Å²) >= 11 is -0.861. The quantitative estimate of drug-likeness (QED) is 0.708. The summed E-state index contributed by atoms with van der Waals surface area (Å²) in [6, 6.07) is 0. The van der Waals surface area contributed by atoms with Crippen molar-refractivity contribution in [3.63, 3.8) is 0 Å². The van der Waals surface area contributed by atoms with Crippen LogP contribution in [0.15, 0.2) is 0 Å². The number of unbranched alkanes of at least 4 members (excludes halogenated alkanes) is 1. The molecule has 0 atom stereocenters. The van der Waals surface area contributed by atoms with Crippen molar-refractivity contribution in [3.05, 3.63) is 0 Å². The van der Waals surface area contributed by atoms with Crippen LogP contribution in [0.1, 0.15) is 19.8 Å². The van der Waals surface area contributed by atoms with Crippen LogP contribution in [-0.4, -0.2) is 59.7 Å². The molecule has 1 heterocycles. The molecule has 0 saturated carbocycles. The van der Waals surface area contributed by atoms with Crippen molar-refractivity contribution >= 4 is 22.0 Å². The first-order chi connectivity index (χ1) is 5.93. The van der Waals surface area contributed by atoms with Crippen molar-refractivity contribution < 1.29 is 6.15 Å². The second-order valence-corrected chi connectivity index (χ2v) is 5.10. The van der Waals surface area contributed by atoms with E-state index in [-0.39, 0.29) is 0 Å². The zero-order valence-electron chi connectivity index (χ0n) is 7.71. The van der Waals surface area contributed by atoms with Gasteiger partial charge < -0.3 is 0 Å². The Morgan fingerprint density at radius 2 is 1.92 bits per heavy atom. The van der Waals surface area contributed by atoms with Gasteiger partial charge in [0.25, 0.3) is 0 Å². The summed E-state index contributed by atoms with van der Waals surface area (Å²) in [7, 11) is 0. The first-order valence-electron chi connectivity index (χ1n) is 4.64. The Bertz CT molecular complexity index is 102. The van der Waals surface area contributed by atoms with Crippen molar-refractivity contribution in [2.45, 2.75) is 19.8 Å². The molecular weight excluding hydrogens is 261 g/mol. The molecule has 0 aliphatic carbocycles. The zero-order valence-corrected chi connectivity index (χ0v) is 10.6. The summed E-state index contributed by atoms with van der Waals surface area (Å²) in [6.45, 7) is 7.40. The molecular formula is C8H17NO2Sn. The van der Waals surface area contributed by atoms with E-state index in [0.717, 1.165) is 26.3 Å². The van der Waals surface area contributed by atoms with Crippen LogP contribution >= 0.6 is 0 Å². The van der Waals surface area contributed by atoms with Gasteiger partial charge >= 0.3 is 85.6 Å². The summed E-state index contributed by atoms with van der Waals surface area (Å²) < 4.78 is 10.8. The molecule has 1 aliphatic rings. The number of rotatable bonds is 3. The molecule has 0 spiro atoms. The van der Waals surface area contributed by atoms with E-state index < -0.39 is 22.0 Å². The molecule has 2 radical (unpaired) electrons. The SMILES string of the molecule is CCCCN1CC[O][Sn][O]CC1. The van der Waals surface area contributed by atoms with E-state index in [1.807, 2.05) is 0 Å². The molecule has 1 rings (SSSR count). The van der Waals surface area contributed by atoms with Gasteiger partial charge in [-0.25, -0.2) is 0 Å². The summed E-state index contributed by atoms with van der Waals surface area (Å²) in [6.07, 6.45) is 2.56. The third-order valence-corrected chi connectivity index (χ3v) is 3.80. The molecule has 0 aromatic carbocycles. The van der Waals surface area contributed by atoms with Gasteiger partial charge in [0, 0.05) is 0 Å². The number of nitrogens with zero attached hydrogens (tertiary/aromatic N) is 1. The Morgan fingerprint density at radius 3 is 2.50 bits per heavy atom. The normalized spacial score (nSPS) is 21.8. The van der Waals surface area contributed by atoms with E-state index in [0.29, 0.717) is 0 Å². The Morgan fingerprint density at radius 1 is 1.25 bits per heavy atom. The predicted octanol–water partition coefficient (Wildman–Crippen LogP) is 0.669. The van der Waals surface area contributed by atoms with Crippen LogP contribution in [0, 0.1) is 0 Å². The molecule has 0 amide bonds. The molecule has 0 aromatic heterocycles. The van der Waals surface area contributed by atoms with Gasteiger partial charge in [0.1, 0.15) is 0 Å². The van der Waals surface area contributed by atoms with Crippen LogP contribution in [0.5, 0.6) is 0 Å². The second-order valence-electron chi connectivity index (χ2n) is 2.98. The van der Waals surface area contributed by atoms with Gasteiger partial charge in [0.2, 0.25) is 0 Å². The van der Waals surface area contributed by atoms with Gasteiger partial charge in [0.05, 0.1) is 0 Å². The monoisotopic (exact) mass is 279 g/mol. The van der Waals surface area contributed by atoms with Crippen LogP contribution in [0.25, 0.3) is 0 Å². The molecule has 0 bridgehead atoms. The molecule has 70 valence electrons. The van der Waals surface area contributed by atoms with Gasteiger partial charge in [-0.3, -0.25) is 0 Å². The van der Waals surface area contributed by atoms with Crippen molar-refractivity contribution in [1.82, 2.24) is 4.90 Å². The fourth-order valence-electron chi connectivity index (χ4n) is 1.19. The Balaban J connectivity index is 2.11. The fraction of sp³-hybridized carbons (Fsp3) is 1.00. The van der Waals surface area contributed by atoms with E-state index in [2.05, 4.69) is 11.8 Å². The first kappa shape index (κ1) is 10.8. The molecule has 1 saturated heterocycles. The summed E-state index contributed by atoms with van der Waals surface area (Å²) in [5, 5.41) is 0. The van der Waals surface area contributed by atoms with Crippen molar-refractivity contribution in [1.29, 1.82) is 0 Å². The Labute approximate surface area is 85.7 Å². The second kappa shape index (κ2) is 7.12. The molecule has 0 N–H and O–H groups in total. The molecule has 0 unspecified atom stereocenters. The average molecular weight is 278 g/mol. The molecule has 1 fully saturated rings. The van der Waals surface area contributed by atoms with Gasteiger partial charge in [0.15, 0.2) is 0 Å². The van der Waals surface area contributed by atoms with Gasteiger partial charge in [-0.2, -0.15) is 0 Å². The van der Waals surface area contributed by atoms with Gasteiger partial charge in [-0.15, -0.1) is 0 Å².